The molecule has 0 fully saturated rings. The molecule has 0 unspecified atom stereocenters. The van der Waals surface area contributed by atoms with Crippen LogP contribution >= 0.6 is 0 Å². The molecular weight excluding hydrogens is 460 g/mol. The van der Waals surface area contributed by atoms with Gasteiger partial charge in [-0.1, -0.05) is 115 Å². The Kier molecular flexibility index (Phi) is 35.0. The number of carbonyl (C=O) groups excluding carboxylic acids is 1. The number of aliphatic carboxylic acids is 1. The summed E-state index contributed by atoms with van der Waals surface area (Å²) in [5.41, 5.74) is 0. The smallest absolute Gasteiger partial charge is 0.305 e. The maximum Gasteiger partial charge on any atom is 0.305 e. The Morgan fingerprint density at radius 2 is 0.838 bits per heavy atom. The summed E-state index contributed by atoms with van der Waals surface area (Å²) in [5, 5.41) is 8.48. The third kappa shape index (κ3) is 39.1. The summed E-state index contributed by atoms with van der Waals surface area (Å²) < 4.78 is 4.61. The van der Waals surface area contributed by atoms with Crippen molar-refractivity contribution in [1.29, 1.82) is 0 Å². The number of carboxylic acid groups (broad SMARTS) is 1. The van der Waals surface area contributed by atoms with Crippen LogP contribution in [0.3, 0.4) is 0 Å². The normalized spacial score (nSPS) is 11.1. The molecule has 0 rings (SSSR count). The molecule has 37 heavy (non-hydrogen) atoms. The van der Waals surface area contributed by atoms with Crippen molar-refractivity contribution in [3.05, 3.63) is 24.3 Å². The van der Waals surface area contributed by atoms with Crippen molar-refractivity contribution in [3.8, 4) is 0 Å². The third-order valence-corrected chi connectivity index (χ3v) is 6.52. The number of carboxylic acids is 1. The molecule has 0 spiro atoms. The van der Waals surface area contributed by atoms with E-state index in [2.05, 4.69) is 42.9 Å². The van der Waals surface area contributed by atoms with Crippen molar-refractivity contribution < 1.29 is 19.4 Å². The highest BCUT2D eigenvalue weighted by atomic mass is 16.5. The minimum absolute atomic E-state index is 0.0778. The number of hydrogen-bond acceptors (Lipinski definition) is 3. The van der Waals surface area contributed by atoms with Gasteiger partial charge in [0.1, 0.15) is 0 Å². The molecule has 1 N–H and O–H groups in total. The number of hydrogen-bond donors (Lipinski definition) is 1. The summed E-state index contributed by atoms with van der Waals surface area (Å²) in [6, 6.07) is 0. The molecule has 0 amide bonds. The van der Waals surface area contributed by atoms with Crippen molar-refractivity contribution in [3.63, 3.8) is 0 Å². The lowest BCUT2D eigenvalue weighted by atomic mass is 10.1. The fourth-order valence-corrected chi connectivity index (χ4v) is 4.08. The van der Waals surface area contributed by atoms with Crippen LogP contribution < -0.4 is 0 Å². The van der Waals surface area contributed by atoms with E-state index < -0.39 is 5.97 Å². The monoisotopic (exact) mass is 522 g/mol. The summed E-state index contributed by atoms with van der Waals surface area (Å²) in [6.07, 6.45) is 37.4. The molecule has 0 atom stereocenters. The van der Waals surface area contributed by atoms with E-state index in [-0.39, 0.29) is 5.97 Å². The Labute approximate surface area is 230 Å². The summed E-state index contributed by atoms with van der Waals surface area (Å²) in [6.45, 7) is 4.49. The first-order valence-electron chi connectivity index (χ1n) is 15.7. The number of methoxy groups -OCH3 is 1. The lowest BCUT2D eigenvalue weighted by Crippen LogP contribution is -1.98. The van der Waals surface area contributed by atoms with Gasteiger partial charge in [-0.05, 0) is 64.2 Å². The molecule has 0 saturated carbocycles. The molecule has 218 valence electrons. The van der Waals surface area contributed by atoms with Gasteiger partial charge in [-0.3, -0.25) is 9.59 Å². The highest BCUT2D eigenvalue weighted by Gasteiger charge is 1.98. The Bertz CT molecular complexity index is 524. The lowest BCUT2D eigenvalue weighted by molar-refractivity contribution is -0.141. The van der Waals surface area contributed by atoms with Crippen LogP contribution in [-0.2, 0) is 14.3 Å². The van der Waals surface area contributed by atoms with Crippen molar-refractivity contribution in [2.75, 3.05) is 7.11 Å². The predicted molar refractivity (Wildman–Crippen MR) is 160 cm³/mol. The number of esters is 1. The van der Waals surface area contributed by atoms with Crippen LogP contribution in [0, 0.1) is 0 Å². The van der Waals surface area contributed by atoms with Crippen LogP contribution in [0.15, 0.2) is 24.3 Å². The van der Waals surface area contributed by atoms with Crippen LogP contribution in [0.1, 0.15) is 168 Å². The van der Waals surface area contributed by atoms with Gasteiger partial charge >= 0.3 is 11.9 Å². The topological polar surface area (TPSA) is 63.6 Å². The Balaban J connectivity index is 0. The molecule has 0 aliphatic carbocycles. The van der Waals surface area contributed by atoms with E-state index in [0.717, 1.165) is 25.7 Å². The largest absolute Gasteiger partial charge is 0.481 e. The summed E-state index contributed by atoms with van der Waals surface area (Å²) in [4.78, 5) is 21.2. The molecular formula is C33H62O4. The second-order valence-electron chi connectivity index (χ2n) is 10.2. The predicted octanol–water partition coefficient (Wildman–Crippen LogP) is 10.7. The van der Waals surface area contributed by atoms with E-state index in [0.29, 0.717) is 12.8 Å². The molecule has 4 heteroatoms. The fourth-order valence-electron chi connectivity index (χ4n) is 4.08. The Morgan fingerprint density at radius 1 is 0.514 bits per heavy atom. The van der Waals surface area contributed by atoms with Gasteiger partial charge in [-0.15, -0.1) is 0 Å². The molecule has 0 aromatic rings. The Morgan fingerprint density at radius 3 is 1.19 bits per heavy atom. The molecule has 0 aliphatic rings. The zero-order chi connectivity index (χ0) is 27.7. The van der Waals surface area contributed by atoms with Crippen molar-refractivity contribution >= 4 is 11.9 Å². The second kappa shape index (κ2) is 34.4. The zero-order valence-electron chi connectivity index (χ0n) is 25.0. The summed E-state index contributed by atoms with van der Waals surface area (Å²) in [5.74, 6) is -0.744. The number of unbranched alkanes of at least 4 members (excludes halogenated alkanes) is 18. The van der Waals surface area contributed by atoms with Gasteiger partial charge in [-0.2, -0.15) is 0 Å². The van der Waals surface area contributed by atoms with Crippen LogP contribution in [0.25, 0.3) is 0 Å². The minimum Gasteiger partial charge on any atom is -0.481 e. The highest BCUT2D eigenvalue weighted by molar-refractivity contribution is 5.69. The number of carbonyl (C=O) groups is 2. The van der Waals surface area contributed by atoms with E-state index in [1.54, 1.807) is 0 Å². The van der Waals surface area contributed by atoms with Gasteiger partial charge < -0.3 is 9.84 Å². The minimum atomic E-state index is -0.666. The first kappa shape index (κ1) is 37.6. The van der Waals surface area contributed by atoms with Crippen molar-refractivity contribution in [2.45, 2.75) is 168 Å². The van der Waals surface area contributed by atoms with Gasteiger partial charge in [0.05, 0.1) is 7.11 Å². The molecule has 0 bridgehead atoms. The molecule has 0 heterocycles. The van der Waals surface area contributed by atoms with Gasteiger partial charge in [0.2, 0.25) is 0 Å². The summed E-state index contributed by atoms with van der Waals surface area (Å²) in [7, 11) is 1.46. The maximum atomic E-state index is 10.9. The fraction of sp³-hybridized carbons (Fsp3) is 0.818. The number of ether oxygens (including phenoxy) is 1. The van der Waals surface area contributed by atoms with Gasteiger partial charge in [0.15, 0.2) is 0 Å². The first-order chi connectivity index (χ1) is 18.1. The van der Waals surface area contributed by atoms with Crippen LogP contribution in [-0.4, -0.2) is 24.2 Å². The van der Waals surface area contributed by atoms with Crippen molar-refractivity contribution in [1.82, 2.24) is 0 Å². The zero-order valence-corrected chi connectivity index (χ0v) is 25.0. The first-order valence-corrected chi connectivity index (χ1v) is 15.7. The van der Waals surface area contributed by atoms with Crippen LogP contribution in [0.2, 0.25) is 0 Å². The van der Waals surface area contributed by atoms with E-state index >= 15 is 0 Å². The highest BCUT2D eigenvalue weighted by Crippen LogP contribution is 2.10. The second-order valence-corrected chi connectivity index (χ2v) is 10.2. The van der Waals surface area contributed by atoms with Crippen LogP contribution in [0.5, 0.6) is 0 Å². The molecule has 0 aromatic heterocycles. The van der Waals surface area contributed by atoms with E-state index in [4.69, 9.17) is 5.11 Å². The molecule has 4 nitrogen and oxygen atoms in total. The number of allylic oxidation sites excluding steroid dienone is 4. The lowest BCUT2D eigenvalue weighted by Gasteiger charge is -2.00. The molecule has 0 saturated heterocycles. The van der Waals surface area contributed by atoms with Crippen molar-refractivity contribution in [2.24, 2.45) is 0 Å². The summed E-state index contributed by atoms with van der Waals surface area (Å²) >= 11 is 0. The SMILES string of the molecule is CCCCCC/C=C\CCCCCCCC(=O)OC.CCCCCCC=CCCCCCCCC(=O)O. The standard InChI is InChI=1S/C17H32O2.C16H30O2/c1-3-4-5-6-7-8-9-10-11-12-13-14-15-16-17(18)19-2;1-2-3-4-5-6-7-8-9-10-11-12-13-14-15-16(17)18/h8-9H,3-7,10-16H2,1-2H3;7-8H,2-6,9-15H2,1H3,(H,17,18)/b9-8-;. The van der Waals surface area contributed by atoms with E-state index in [1.165, 1.54) is 123 Å². The quantitative estimate of drug-likeness (QED) is 0.0697. The van der Waals surface area contributed by atoms with E-state index in [9.17, 15) is 9.59 Å². The molecule has 0 aliphatic heterocycles. The average Bonchev–Trinajstić information content (AvgIpc) is 2.89. The van der Waals surface area contributed by atoms with E-state index in [1.807, 2.05) is 0 Å². The molecule has 0 aromatic carbocycles. The van der Waals surface area contributed by atoms with Crippen LogP contribution in [0.4, 0.5) is 0 Å². The maximum absolute atomic E-state index is 10.9. The third-order valence-electron chi connectivity index (χ3n) is 6.52. The van der Waals surface area contributed by atoms with Gasteiger partial charge in [0, 0.05) is 12.8 Å². The Hall–Kier alpha value is -1.58. The number of rotatable bonds is 26. The molecule has 0 radical (unpaired) electrons. The average molecular weight is 523 g/mol. The van der Waals surface area contributed by atoms with Gasteiger partial charge in [0.25, 0.3) is 0 Å². The van der Waals surface area contributed by atoms with Gasteiger partial charge in [-0.25, -0.2) is 0 Å².